The summed E-state index contributed by atoms with van der Waals surface area (Å²) in [6.45, 7) is 5.15. The quantitative estimate of drug-likeness (QED) is 0.752. The van der Waals surface area contributed by atoms with Gasteiger partial charge in [0, 0.05) is 7.05 Å². The lowest BCUT2D eigenvalue weighted by Crippen LogP contribution is -2.64. The third kappa shape index (κ3) is 3.85. The van der Waals surface area contributed by atoms with Crippen molar-refractivity contribution >= 4 is 5.91 Å². The number of carbonyl (C=O) groups is 1. The Labute approximate surface area is 150 Å². The minimum Gasteiger partial charge on any atom is -0.347 e. The van der Waals surface area contributed by atoms with Crippen LogP contribution < -0.4 is 0 Å². The maximum absolute atomic E-state index is 13.0. The summed E-state index contributed by atoms with van der Waals surface area (Å²) in [5, 5.41) is 0. The molecule has 26 heavy (non-hydrogen) atoms. The molecule has 1 saturated carbocycles. The van der Waals surface area contributed by atoms with Crippen molar-refractivity contribution in [3.8, 4) is 0 Å². The Morgan fingerprint density at radius 1 is 1.15 bits per heavy atom. The topological polar surface area (TPSA) is 57.2 Å². The van der Waals surface area contributed by atoms with E-state index in [0.717, 1.165) is 32.7 Å². The molecular formula is C17H26F3NO5. The van der Waals surface area contributed by atoms with Crippen LogP contribution in [0.15, 0.2) is 0 Å². The molecule has 2 aliphatic heterocycles. The third-order valence-electron chi connectivity index (χ3n) is 5.23. The lowest BCUT2D eigenvalue weighted by Gasteiger charge is -2.45. The van der Waals surface area contributed by atoms with E-state index in [1.807, 2.05) is 0 Å². The Morgan fingerprint density at radius 2 is 1.73 bits per heavy atom. The fourth-order valence-electron chi connectivity index (χ4n) is 4.03. The van der Waals surface area contributed by atoms with Gasteiger partial charge >= 0.3 is 12.1 Å². The largest absolute Gasteiger partial charge is 0.471 e. The fraction of sp³-hybridized carbons (Fsp3) is 0.941. The van der Waals surface area contributed by atoms with Gasteiger partial charge in [-0.3, -0.25) is 4.79 Å². The van der Waals surface area contributed by atoms with Crippen LogP contribution in [-0.4, -0.2) is 66.6 Å². The third-order valence-corrected chi connectivity index (χ3v) is 5.23. The lowest BCUT2D eigenvalue weighted by molar-refractivity contribution is -0.272. The van der Waals surface area contributed by atoms with E-state index in [2.05, 4.69) is 0 Å². The highest BCUT2D eigenvalue weighted by Gasteiger charge is 2.58. The van der Waals surface area contributed by atoms with Crippen molar-refractivity contribution in [3.05, 3.63) is 0 Å². The zero-order valence-corrected chi connectivity index (χ0v) is 15.4. The van der Waals surface area contributed by atoms with E-state index in [1.165, 1.54) is 0 Å². The standard InChI is InChI=1S/C17H26F3NO5/c1-9-12-13(26-16(2,3)25-12)11(21(4)15(22)17(18,19)20)14(23-9)24-10-7-5-6-8-10/h9-14H,5-8H2,1-4H3/t9-,11-,12+,13-,14-/m1/s1. The smallest absolute Gasteiger partial charge is 0.347 e. The van der Waals surface area contributed by atoms with E-state index in [9.17, 15) is 18.0 Å². The van der Waals surface area contributed by atoms with Crippen molar-refractivity contribution in [1.29, 1.82) is 0 Å². The highest BCUT2D eigenvalue weighted by Crippen LogP contribution is 2.41. The number of fused-ring (bicyclic) bond motifs is 1. The summed E-state index contributed by atoms with van der Waals surface area (Å²) in [5.41, 5.74) is 0. The molecule has 0 unspecified atom stereocenters. The Hall–Kier alpha value is -0.900. The Kier molecular flexibility index (Phi) is 5.29. The van der Waals surface area contributed by atoms with Crippen LogP contribution in [0.4, 0.5) is 13.2 Å². The van der Waals surface area contributed by atoms with E-state index in [1.54, 1.807) is 20.8 Å². The molecule has 3 rings (SSSR count). The molecule has 0 N–H and O–H groups in total. The Balaban J connectivity index is 1.87. The molecule has 5 atom stereocenters. The summed E-state index contributed by atoms with van der Waals surface area (Å²) < 4.78 is 62.6. The van der Waals surface area contributed by atoms with E-state index >= 15 is 0 Å². The van der Waals surface area contributed by atoms with Gasteiger partial charge in [-0.25, -0.2) is 0 Å². The highest BCUT2D eigenvalue weighted by atomic mass is 19.4. The number of halogens is 3. The van der Waals surface area contributed by atoms with Crippen LogP contribution in [0.5, 0.6) is 0 Å². The Bertz CT molecular complexity index is 535. The molecule has 0 radical (unpaired) electrons. The normalized spacial score (nSPS) is 37.6. The molecule has 1 aliphatic carbocycles. The molecule has 150 valence electrons. The first-order chi connectivity index (χ1) is 12.0. The zero-order valence-electron chi connectivity index (χ0n) is 15.4. The van der Waals surface area contributed by atoms with Gasteiger partial charge in [0.25, 0.3) is 0 Å². The number of alkyl halides is 3. The summed E-state index contributed by atoms with van der Waals surface area (Å²) in [4.78, 5) is 12.5. The van der Waals surface area contributed by atoms with Gasteiger partial charge in [0.2, 0.25) is 0 Å². The maximum Gasteiger partial charge on any atom is 0.471 e. The zero-order chi connectivity index (χ0) is 19.3. The molecule has 0 bridgehead atoms. The van der Waals surface area contributed by atoms with Crippen LogP contribution in [0, 0.1) is 0 Å². The van der Waals surface area contributed by atoms with E-state index in [-0.39, 0.29) is 6.10 Å². The average Bonchev–Trinajstić information content (AvgIpc) is 3.12. The molecule has 0 aromatic carbocycles. The second-order valence-electron chi connectivity index (χ2n) is 7.72. The number of nitrogens with zero attached hydrogens (tertiary/aromatic N) is 1. The molecule has 2 saturated heterocycles. The van der Waals surface area contributed by atoms with Gasteiger partial charge in [-0.1, -0.05) is 12.8 Å². The summed E-state index contributed by atoms with van der Waals surface area (Å²) >= 11 is 0. The molecule has 3 fully saturated rings. The lowest BCUT2D eigenvalue weighted by atomic mass is 9.96. The molecule has 0 aromatic rings. The first-order valence-electron chi connectivity index (χ1n) is 9.00. The van der Waals surface area contributed by atoms with Crippen LogP contribution in [0.2, 0.25) is 0 Å². The van der Waals surface area contributed by atoms with Crippen LogP contribution in [0.1, 0.15) is 46.5 Å². The minimum atomic E-state index is -4.99. The molecule has 9 heteroatoms. The minimum absolute atomic E-state index is 0.0871. The van der Waals surface area contributed by atoms with Gasteiger partial charge in [0.1, 0.15) is 18.2 Å². The number of likely N-dealkylation sites (N-methyl/N-ethyl adjacent to an activating group) is 1. The van der Waals surface area contributed by atoms with Crippen molar-refractivity contribution in [2.45, 2.75) is 95.2 Å². The molecule has 0 aromatic heterocycles. The predicted molar refractivity (Wildman–Crippen MR) is 84.1 cm³/mol. The summed E-state index contributed by atoms with van der Waals surface area (Å²) in [6, 6.07) is -1.05. The average molecular weight is 381 g/mol. The first kappa shape index (κ1) is 19.9. The molecule has 2 heterocycles. The molecule has 3 aliphatic rings. The highest BCUT2D eigenvalue weighted by molar-refractivity contribution is 5.82. The van der Waals surface area contributed by atoms with Gasteiger partial charge in [-0.05, 0) is 33.6 Å². The number of carbonyl (C=O) groups excluding carboxylic acids is 1. The maximum atomic E-state index is 13.0. The Morgan fingerprint density at radius 3 is 2.31 bits per heavy atom. The predicted octanol–water partition coefficient (Wildman–Crippen LogP) is 2.60. The second kappa shape index (κ2) is 6.92. The summed E-state index contributed by atoms with van der Waals surface area (Å²) in [5.74, 6) is -2.93. The van der Waals surface area contributed by atoms with Crippen molar-refractivity contribution in [1.82, 2.24) is 4.90 Å². The van der Waals surface area contributed by atoms with Gasteiger partial charge in [0.05, 0.1) is 12.2 Å². The molecule has 0 spiro atoms. The van der Waals surface area contributed by atoms with Gasteiger partial charge < -0.3 is 23.8 Å². The van der Waals surface area contributed by atoms with E-state index in [0.29, 0.717) is 4.90 Å². The van der Waals surface area contributed by atoms with Crippen molar-refractivity contribution in [3.63, 3.8) is 0 Å². The van der Waals surface area contributed by atoms with Crippen LogP contribution in [0.3, 0.4) is 0 Å². The van der Waals surface area contributed by atoms with Crippen LogP contribution >= 0.6 is 0 Å². The number of ether oxygens (including phenoxy) is 4. The van der Waals surface area contributed by atoms with Crippen molar-refractivity contribution < 1.29 is 36.9 Å². The summed E-state index contributed by atoms with van der Waals surface area (Å²) in [6.07, 6.45) is -4.18. The number of amides is 1. The first-order valence-corrected chi connectivity index (χ1v) is 9.00. The van der Waals surface area contributed by atoms with Gasteiger partial charge in [-0.2, -0.15) is 13.2 Å². The van der Waals surface area contributed by atoms with Crippen molar-refractivity contribution in [2.24, 2.45) is 0 Å². The molecule has 1 amide bonds. The number of rotatable bonds is 3. The fourth-order valence-corrected chi connectivity index (χ4v) is 4.03. The van der Waals surface area contributed by atoms with Crippen molar-refractivity contribution in [2.75, 3.05) is 7.05 Å². The monoisotopic (exact) mass is 381 g/mol. The van der Waals surface area contributed by atoms with E-state index < -0.39 is 48.5 Å². The van der Waals surface area contributed by atoms with Gasteiger partial charge in [0.15, 0.2) is 12.1 Å². The molecule has 6 nitrogen and oxygen atoms in total. The molecular weight excluding hydrogens is 355 g/mol. The second-order valence-corrected chi connectivity index (χ2v) is 7.72. The number of hydrogen-bond donors (Lipinski definition) is 0. The number of hydrogen-bond acceptors (Lipinski definition) is 5. The van der Waals surface area contributed by atoms with Crippen LogP contribution in [-0.2, 0) is 23.7 Å². The van der Waals surface area contributed by atoms with E-state index in [4.69, 9.17) is 18.9 Å². The SMILES string of the molecule is C[C@H]1O[C@H](OC2CCCC2)[C@H](N(C)C(=O)C(F)(F)F)[C@H]2OC(C)(C)O[C@H]21. The van der Waals surface area contributed by atoms with Gasteiger partial charge in [-0.15, -0.1) is 0 Å². The van der Waals surface area contributed by atoms with Crippen LogP contribution in [0.25, 0.3) is 0 Å². The summed E-state index contributed by atoms with van der Waals surface area (Å²) in [7, 11) is 1.11.